The van der Waals surface area contributed by atoms with E-state index >= 15 is 0 Å². The van der Waals surface area contributed by atoms with E-state index in [4.69, 9.17) is 0 Å². The largest absolute Gasteiger partial charge is 0.106 e. The van der Waals surface area contributed by atoms with Crippen LogP contribution in [-0.2, 0) is 0 Å². The minimum atomic E-state index is 1.16. The number of hydrogen-bond donors (Lipinski definition) is 0. The highest BCUT2D eigenvalue weighted by Gasteiger charge is 1.71. The lowest BCUT2D eigenvalue weighted by atomic mass is 10.4. The monoisotopic (exact) mass is 156 g/mol. The number of rotatable bonds is 2. The predicted octanol–water partition coefficient (Wildman–Crippen LogP) is 3.53. The van der Waals surface area contributed by atoms with Crippen molar-refractivity contribution in [3.8, 4) is 0 Å². The van der Waals surface area contributed by atoms with Crippen molar-refractivity contribution < 1.29 is 0 Å². The maximum absolute atomic E-state index is 3.56. The van der Waals surface area contributed by atoms with Crippen LogP contribution in [0, 0.1) is 0 Å². The van der Waals surface area contributed by atoms with Crippen molar-refractivity contribution >= 4 is 9.24 Å². The van der Waals surface area contributed by atoms with Crippen molar-refractivity contribution in [2.24, 2.45) is 0 Å². The SMILES string of the molecule is C=C/C=C(P)\C=C/C.CC. The van der Waals surface area contributed by atoms with Crippen LogP contribution in [0.25, 0.3) is 0 Å². The standard InChI is InChI=1S/C7H11P.C2H6/c1-3-5-7(8)6-4-2;1-2/h3-6H,1,8H2,2H3;1-2H3/b6-4-,7-5+;. The molecule has 0 aromatic carbocycles. The van der Waals surface area contributed by atoms with Crippen molar-refractivity contribution in [1.82, 2.24) is 0 Å². The second-order valence-corrected chi connectivity index (χ2v) is 2.07. The molecule has 0 saturated carbocycles. The van der Waals surface area contributed by atoms with Crippen LogP contribution in [0.1, 0.15) is 20.8 Å². The molecule has 0 radical (unpaired) electrons. The first-order valence-electron chi connectivity index (χ1n) is 3.52. The van der Waals surface area contributed by atoms with Gasteiger partial charge in [0.25, 0.3) is 0 Å². The van der Waals surface area contributed by atoms with Gasteiger partial charge in [-0.3, -0.25) is 0 Å². The summed E-state index contributed by atoms with van der Waals surface area (Å²) < 4.78 is 0. The Balaban J connectivity index is 0. The maximum atomic E-state index is 3.56. The summed E-state index contributed by atoms with van der Waals surface area (Å²) in [6.45, 7) is 9.55. The summed E-state index contributed by atoms with van der Waals surface area (Å²) in [5.74, 6) is 0. The quantitative estimate of drug-likeness (QED) is 0.423. The van der Waals surface area contributed by atoms with E-state index in [0.29, 0.717) is 0 Å². The molecule has 0 heterocycles. The lowest BCUT2D eigenvalue weighted by Gasteiger charge is -1.82. The molecule has 0 amide bonds. The lowest BCUT2D eigenvalue weighted by molar-refractivity contribution is 1.50. The van der Waals surface area contributed by atoms with Crippen LogP contribution in [0.3, 0.4) is 0 Å². The fourth-order valence-corrected chi connectivity index (χ4v) is 0.713. The summed E-state index contributed by atoms with van der Waals surface area (Å²) in [5.41, 5.74) is 0. The normalized spacial score (nSPS) is 10.6. The molecule has 0 aliphatic carbocycles. The summed E-state index contributed by atoms with van der Waals surface area (Å²) in [6.07, 6.45) is 7.70. The molecule has 0 fully saturated rings. The number of hydrogen-bond acceptors (Lipinski definition) is 0. The minimum Gasteiger partial charge on any atom is -0.106 e. The predicted molar refractivity (Wildman–Crippen MR) is 54.2 cm³/mol. The van der Waals surface area contributed by atoms with Crippen molar-refractivity contribution in [3.05, 3.63) is 36.2 Å². The highest BCUT2D eigenvalue weighted by atomic mass is 31.0. The molecule has 0 rings (SSSR count). The van der Waals surface area contributed by atoms with Gasteiger partial charge in [0.15, 0.2) is 0 Å². The Morgan fingerprint density at radius 3 is 2.20 bits per heavy atom. The van der Waals surface area contributed by atoms with Crippen molar-refractivity contribution in [1.29, 1.82) is 0 Å². The molecule has 0 N–H and O–H groups in total. The molecule has 0 nitrogen and oxygen atoms in total. The first-order valence-corrected chi connectivity index (χ1v) is 4.10. The van der Waals surface area contributed by atoms with E-state index in [1.807, 2.05) is 39.0 Å². The fourth-order valence-electron chi connectivity index (χ4n) is 0.384. The van der Waals surface area contributed by atoms with Crippen LogP contribution in [0.5, 0.6) is 0 Å². The van der Waals surface area contributed by atoms with E-state index in [9.17, 15) is 0 Å². The molecule has 0 aliphatic rings. The lowest BCUT2D eigenvalue weighted by Crippen LogP contribution is -1.55. The second kappa shape index (κ2) is 11.4. The van der Waals surface area contributed by atoms with Crippen molar-refractivity contribution in [2.75, 3.05) is 0 Å². The van der Waals surface area contributed by atoms with Gasteiger partial charge in [-0.15, -0.1) is 9.24 Å². The molecule has 1 unspecified atom stereocenters. The first-order chi connectivity index (χ1) is 4.81. The molecule has 0 saturated heterocycles. The van der Waals surface area contributed by atoms with Gasteiger partial charge >= 0.3 is 0 Å². The van der Waals surface area contributed by atoms with E-state index in [1.165, 1.54) is 0 Å². The third-order valence-corrected chi connectivity index (χ3v) is 1.05. The molecule has 0 bridgehead atoms. The van der Waals surface area contributed by atoms with Gasteiger partial charge in [-0.2, -0.15) is 0 Å². The van der Waals surface area contributed by atoms with Gasteiger partial charge in [0.2, 0.25) is 0 Å². The van der Waals surface area contributed by atoms with Gasteiger partial charge in [-0.05, 0) is 12.2 Å². The van der Waals surface area contributed by atoms with Gasteiger partial charge in [-0.1, -0.05) is 44.7 Å². The van der Waals surface area contributed by atoms with Crippen LogP contribution in [0.4, 0.5) is 0 Å². The van der Waals surface area contributed by atoms with Crippen LogP contribution >= 0.6 is 9.24 Å². The zero-order valence-corrected chi connectivity index (χ0v) is 8.25. The summed E-state index contributed by atoms with van der Waals surface area (Å²) in [6, 6.07) is 0. The molecule has 58 valence electrons. The highest BCUT2D eigenvalue weighted by Crippen LogP contribution is 2.05. The highest BCUT2D eigenvalue weighted by molar-refractivity contribution is 7.22. The van der Waals surface area contributed by atoms with Gasteiger partial charge in [0.05, 0.1) is 0 Å². The minimum absolute atomic E-state index is 1.16. The van der Waals surface area contributed by atoms with Crippen molar-refractivity contribution in [3.63, 3.8) is 0 Å². The molecular weight excluding hydrogens is 139 g/mol. The summed E-state index contributed by atoms with van der Waals surface area (Å²) in [7, 11) is 2.60. The molecule has 1 heteroatoms. The van der Waals surface area contributed by atoms with E-state index in [2.05, 4.69) is 15.8 Å². The topological polar surface area (TPSA) is 0 Å². The molecule has 0 aromatic rings. The van der Waals surface area contributed by atoms with E-state index < -0.39 is 0 Å². The second-order valence-electron chi connectivity index (χ2n) is 1.40. The molecule has 1 atom stereocenters. The third-order valence-electron chi connectivity index (χ3n) is 0.669. The molecule has 0 aromatic heterocycles. The van der Waals surface area contributed by atoms with E-state index in [1.54, 1.807) is 6.08 Å². The van der Waals surface area contributed by atoms with Crippen LogP contribution in [-0.4, -0.2) is 0 Å². The Labute approximate surface area is 66.9 Å². The Morgan fingerprint density at radius 1 is 1.40 bits per heavy atom. The zero-order valence-electron chi connectivity index (χ0n) is 7.09. The van der Waals surface area contributed by atoms with Crippen LogP contribution < -0.4 is 0 Å². The van der Waals surface area contributed by atoms with E-state index in [-0.39, 0.29) is 0 Å². The van der Waals surface area contributed by atoms with Gasteiger partial charge in [0.1, 0.15) is 0 Å². The molecular formula is C9H17P. The maximum Gasteiger partial charge on any atom is -0.0306 e. The van der Waals surface area contributed by atoms with Gasteiger partial charge in [0, 0.05) is 0 Å². The fraction of sp³-hybridized carbons (Fsp3) is 0.333. The van der Waals surface area contributed by atoms with Gasteiger partial charge < -0.3 is 0 Å². The smallest absolute Gasteiger partial charge is 0.0306 e. The van der Waals surface area contributed by atoms with Crippen LogP contribution in [0.15, 0.2) is 36.2 Å². The zero-order chi connectivity index (χ0) is 8.41. The number of allylic oxidation sites excluding steroid dienone is 5. The Hall–Kier alpha value is -0.350. The Kier molecular flexibility index (Phi) is 14.1. The van der Waals surface area contributed by atoms with Crippen molar-refractivity contribution in [2.45, 2.75) is 20.8 Å². The Morgan fingerprint density at radius 2 is 1.90 bits per heavy atom. The first kappa shape index (κ1) is 12.3. The molecule has 0 aliphatic heterocycles. The summed E-state index contributed by atoms with van der Waals surface area (Å²) in [4.78, 5) is 0. The molecule has 0 spiro atoms. The van der Waals surface area contributed by atoms with E-state index in [0.717, 1.165) is 5.31 Å². The summed E-state index contributed by atoms with van der Waals surface area (Å²) in [5, 5.41) is 1.16. The Bertz CT molecular complexity index is 121. The average molecular weight is 156 g/mol. The average Bonchev–Trinajstić information content (AvgIpc) is 1.93. The van der Waals surface area contributed by atoms with Crippen LogP contribution in [0.2, 0.25) is 0 Å². The third kappa shape index (κ3) is 10.6. The summed E-state index contributed by atoms with van der Waals surface area (Å²) >= 11 is 0. The molecule has 10 heavy (non-hydrogen) atoms. The van der Waals surface area contributed by atoms with Gasteiger partial charge in [-0.25, -0.2) is 0 Å².